The molecule has 0 aliphatic carbocycles. The SMILES string of the molecule is CCOc1ccc(CC(=O)N2CC[C@@H](C(=O)O)C2)cc1. The Morgan fingerprint density at radius 2 is 2.05 bits per heavy atom. The number of hydrogen-bond acceptors (Lipinski definition) is 3. The summed E-state index contributed by atoms with van der Waals surface area (Å²) in [5.41, 5.74) is 0.914. The molecule has 0 radical (unpaired) electrons. The Kier molecular flexibility index (Phi) is 4.61. The zero-order valence-electron chi connectivity index (χ0n) is 11.5. The van der Waals surface area contributed by atoms with Crippen molar-refractivity contribution in [2.45, 2.75) is 19.8 Å². The lowest BCUT2D eigenvalue weighted by molar-refractivity contribution is -0.141. The van der Waals surface area contributed by atoms with E-state index >= 15 is 0 Å². The molecule has 0 spiro atoms. The predicted molar refractivity (Wildman–Crippen MR) is 73.6 cm³/mol. The van der Waals surface area contributed by atoms with Crippen molar-refractivity contribution in [2.75, 3.05) is 19.7 Å². The van der Waals surface area contributed by atoms with Gasteiger partial charge < -0.3 is 14.7 Å². The molecule has 1 aliphatic heterocycles. The van der Waals surface area contributed by atoms with Crippen LogP contribution in [0.4, 0.5) is 0 Å². The zero-order valence-corrected chi connectivity index (χ0v) is 11.5. The molecule has 1 saturated heterocycles. The summed E-state index contributed by atoms with van der Waals surface area (Å²) in [7, 11) is 0. The highest BCUT2D eigenvalue weighted by molar-refractivity contribution is 5.80. The number of carboxylic acids is 1. The largest absolute Gasteiger partial charge is 0.494 e. The van der Waals surface area contributed by atoms with E-state index in [4.69, 9.17) is 9.84 Å². The molecule has 1 atom stereocenters. The van der Waals surface area contributed by atoms with E-state index < -0.39 is 11.9 Å². The van der Waals surface area contributed by atoms with E-state index in [1.54, 1.807) is 4.90 Å². The van der Waals surface area contributed by atoms with E-state index in [0.29, 0.717) is 32.5 Å². The van der Waals surface area contributed by atoms with Gasteiger partial charge in [0.15, 0.2) is 0 Å². The minimum absolute atomic E-state index is 0.0158. The second-order valence-corrected chi connectivity index (χ2v) is 4.92. The lowest BCUT2D eigenvalue weighted by Gasteiger charge is -2.15. The number of ether oxygens (including phenoxy) is 1. The van der Waals surface area contributed by atoms with Crippen molar-refractivity contribution in [1.29, 1.82) is 0 Å². The molecule has 5 nitrogen and oxygen atoms in total. The van der Waals surface area contributed by atoms with Crippen LogP contribution < -0.4 is 4.74 Å². The fraction of sp³-hybridized carbons (Fsp3) is 0.467. The zero-order chi connectivity index (χ0) is 14.5. The topological polar surface area (TPSA) is 66.8 Å². The van der Waals surface area contributed by atoms with Crippen molar-refractivity contribution in [3.8, 4) is 5.75 Å². The molecule has 2 rings (SSSR count). The van der Waals surface area contributed by atoms with Gasteiger partial charge in [0.2, 0.25) is 5.91 Å². The first-order valence-electron chi connectivity index (χ1n) is 6.82. The number of aliphatic carboxylic acids is 1. The third kappa shape index (κ3) is 3.50. The van der Waals surface area contributed by atoms with E-state index in [1.165, 1.54) is 0 Å². The number of rotatable bonds is 5. The van der Waals surface area contributed by atoms with E-state index in [-0.39, 0.29) is 5.91 Å². The van der Waals surface area contributed by atoms with Crippen LogP contribution in [0.1, 0.15) is 18.9 Å². The lowest BCUT2D eigenvalue weighted by Crippen LogP contribution is -2.31. The minimum Gasteiger partial charge on any atom is -0.494 e. The van der Waals surface area contributed by atoms with Crippen LogP contribution in [-0.2, 0) is 16.0 Å². The number of carboxylic acid groups (broad SMARTS) is 1. The standard InChI is InChI=1S/C15H19NO4/c1-2-20-13-5-3-11(4-6-13)9-14(17)16-8-7-12(10-16)15(18)19/h3-6,12H,2,7-10H2,1H3,(H,18,19)/t12-/m1/s1. The maximum absolute atomic E-state index is 12.1. The summed E-state index contributed by atoms with van der Waals surface area (Å²) >= 11 is 0. The highest BCUT2D eigenvalue weighted by Gasteiger charge is 2.30. The van der Waals surface area contributed by atoms with Gasteiger partial charge in [-0.05, 0) is 31.0 Å². The van der Waals surface area contributed by atoms with Crippen LogP contribution in [0.2, 0.25) is 0 Å². The molecule has 1 aromatic carbocycles. The van der Waals surface area contributed by atoms with E-state index in [0.717, 1.165) is 11.3 Å². The van der Waals surface area contributed by atoms with Gasteiger partial charge in [-0.3, -0.25) is 9.59 Å². The third-order valence-electron chi connectivity index (χ3n) is 3.48. The highest BCUT2D eigenvalue weighted by Crippen LogP contribution is 2.18. The molecule has 5 heteroatoms. The summed E-state index contributed by atoms with van der Waals surface area (Å²) in [4.78, 5) is 24.6. The fourth-order valence-corrected chi connectivity index (χ4v) is 2.34. The van der Waals surface area contributed by atoms with E-state index in [1.807, 2.05) is 31.2 Å². The molecular formula is C15H19NO4. The summed E-state index contributed by atoms with van der Waals surface area (Å²) in [6, 6.07) is 7.42. The number of carbonyl (C=O) groups excluding carboxylic acids is 1. The van der Waals surface area contributed by atoms with Gasteiger partial charge in [0.1, 0.15) is 5.75 Å². The Balaban J connectivity index is 1.90. The second kappa shape index (κ2) is 6.41. The van der Waals surface area contributed by atoms with Gasteiger partial charge in [-0.15, -0.1) is 0 Å². The average Bonchev–Trinajstić information content (AvgIpc) is 2.91. The number of amides is 1. The first kappa shape index (κ1) is 14.4. The van der Waals surface area contributed by atoms with Crippen molar-refractivity contribution < 1.29 is 19.4 Å². The molecule has 1 aliphatic rings. The molecule has 108 valence electrons. The predicted octanol–water partition coefficient (Wildman–Crippen LogP) is 1.56. The molecule has 1 amide bonds. The third-order valence-corrected chi connectivity index (χ3v) is 3.48. The van der Waals surface area contributed by atoms with Gasteiger partial charge in [-0.1, -0.05) is 12.1 Å². The normalized spacial score (nSPS) is 18.1. The summed E-state index contributed by atoms with van der Waals surface area (Å²) in [6.07, 6.45) is 0.850. The van der Waals surface area contributed by atoms with Crippen LogP contribution in [0.3, 0.4) is 0 Å². The Morgan fingerprint density at radius 3 is 2.60 bits per heavy atom. The molecule has 0 bridgehead atoms. The van der Waals surface area contributed by atoms with Gasteiger partial charge >= 0.3 is 5.97 Å². The van der Waals surface area contributed by atoms with Crippen molar-refractivity contribution in [3.63, 3.8) is 0 Å². The summed E-state index contributed by atoms with van der Waals surface area (Å²) in [5, 5.41) is 8.93. The fourth-order valence-electron chi connectivity index (χ4n) is 2.34. The van der Waals surface area contributed by atoms with Crippen LogP contribution >= 0.6 is 0 Å². The van der Waals surface area contributed by atoms with Crippen molar-refractivity contribution in [2.24, 2.45) is 5.92 Å². The second-order valence-electron chi connectivity index (χ2n) is 4.92. The number of carbonyl (C=O) groups is 2. The maximum atomic E-state index is 12.1. The average molecular weight is 277 g/mol. The van der Waals surface area contributed by atoms with E-state index in [9.17, 15) is 9.59 Å². The van der Waals surface area contributed by atoms with Gasteiger partial charge in [0, 0.05) is 13.1 Å². The van der Waals surface area contributed by atoms with Crippen LogP contribution in [0.25, 0.3) is 0 Å². The summed E-state index contributed by atoms with van der Waals surface area (Å²) in [6.45, 7) is 3.39. The van der Waals surface area contributed by atoms with Gasteiger partial charge in [0.25, 0.3) is 0 Å². The Bertz CT molecular complexity index is 483. The monoisotopic (exact) mass is 277 g/mol. The van der Waals surface area contributed by atoms with Gasteiger partial charge in [-0.25, -0.2) is 0 Å². The van der Waals surface area contributed by atoms with Crippen molar-refractivity contribution in [1.82, 2.24) is 4.90 Å². The Hall–Kier alpha value is -2.04. The van der Waals surface area contributed by atoms with Gasteiger partial charge in [0.05, 0.1) is 18.9 Å². The van der Waals surface area contributed by atoms with Crippen molar-refractivity contribution >= 4 is 11.9 Å². The molecule has 0 unspecified atom stereocenters. The number of nitrogens with zero attached hydrogens (tertiary/aromatic N) is 1. The van der Waals surface area contributed by atoms with Gasteiger partial charge in [-0.2, -0.15) is 0 Å². The van der Waals surface area contributed by atoms with Crippen LogP contribution in [0.15, 0.2) is 24.3 Å². The molecule has 0 aromatic heterocycles. The van der Waals surface area contributed by atoms with Crippen LogP contribution in [0.5, 0.6) is 5.75 Å². The number of likely N-dealkylation sites (tertiary alicyclic amines) is 1. The smallest absolute Gasteiger partial charge is 0.308 e. The van der Waals surface area contributed by atoms with Crippen LogP contribution in [0, 0.1) is 5.92 Å². The molecule has 1 heterocycles. The number of benzene rings is 1. The lowest BCUT2D eigenvalue weighted by atomic mass is 10.1. The maximum Gasteiger partial charge on any atom is 0.308 e. The Morgan fingerprint density at radius 1 is 1.35 bits per heavy atom. The molecule has 1 aromatic rings. The van der Waals surface area contributed by atoms with E-state index in [2.05, 4.69) is 0 Å². The summed E-state index contributed by atoms with van der Waals surface area (Å²) in [5.74, 6) is -0.464. The molecular weight excluding hydrogens is 258 g/mol. The first-order chi connectivity index (χ1) is 9.60. The quantitative estimate of drug-likeness (QED) is 0.887. The minimum atomic E-state index is -0.818. The molecule has 1 N–H and O–H groups in total. The first-order valence-corrected chi connectivity index (χ1v) is 6.82. The Labute approximate surface area is 118 Å². The molecule has 20 heavy (non-hydrogen) atoms. The molecule has 0 saturated carbocycles. The molecule has 1 fully saturated rings. The van der Waals surface area contributed by atoms with Crippen molar-refractivity contribution in [3.05, 3.63) is 29.8 Å². The highest BCUT2D eigenvalue weighted by atomic mass is 16.5. The van der Waals surface area contributed by atoms with Crippen LogP contribution in [-0.4, -0.2) is 41.6 Å². The number of hydrogen-bond donors (Lipinski definition) is 1. The summed E-state index contributed by atoms with van der Waals surface area (Å²) < 4.78 is 5.35.